The fourth-order valence-electron chi connectivity index (χ4n) is 3.24. The Hall–Kier alpha value is -1.85. The Morgan fingerprint density at radius 2 is 2.04 bits per heavy atom. The fraction of sp³-hybridized carbons (Fsp3) is 0.350. The second-order valence-corrected chi connectivity index (χ2v) is 7.58. The third-order valence-electron chi connectivity index (χ3n) is 4.74. The standard InChI is InChI=1S/C20H22BrN3O/c1-24-10-8-23-20(24)19(14-2-3-14)22-9-11-25-18-7-5-15-12-17(21)6-4-16(15)13-18/h4-8,10,12-14,19,22H,2-3,9,11H2,1H3/t19-/m0/s1. The molecule has 0 amide bonds. The number of hydrogen-bond donors (Lipinski definition) is 1. The molecule has 0 radical (unpaired) electrons. The van der Waals surface area contributed by atoms with Crippen LogP contribution in [0.1, 0.15) is 24.7 Å². The topological polar surface area (TPSA) is 39.1 Å². The summed E-state index contributed by atoms with van der Waals surface area (Å²) in [6.07, 6.45) is 6.45. The molecule has 4 nitrogen and oxygen atoms in total. The van der Waals surface area contributed by atoms with Crippen LogP contribution >= 0.6 is 15.9 Å². The molecule has 2 aromatic carbocycles. The first-order chi connectivity index (χ1) is 12.2. The van der Waals surface area contributed by atoms with Crippen molar-refractivity contribution in [3.63, 3.8) is 0 Å². The van der Waals surface area contributed by atoms with Crippen LogP contribution < -0.4 is 10.1 Å². The van der Waals surface area contributed by atoms with Crippen LogP contribution in [0, 0.1) is 5.92 Å². The lowest BCUT2D eigenvalue weighted by molar-refractivity contribution is 0.298. The van der Waals surface area contributed by atoms with Gasteiger partial charge in [0.2, 0.25) is 0 Å². The molecule has 0 unspecified atom stereocenters. The molecule has 1 fully saturated rings. The van der Waals surface area contributed by atoms with Crippen LogP contribution in [0.4, 0.5) is 0 Å². The van der Waals surface area contributed by atoms with Gasteiger partial charge >= 0.3 is 0 Å². The highest BCUT2D eigenvalue weighted by Gasteiger charge is 2.34. The lowest BCUT2D eigenvalue weighted by Gasteiger charge is -2.18. The molecule has 0 bridgehead atoms. The van der Waals surface area contributed by atoms with Crippen LogP contribution in [-0.4, -0.2) is 22.7 Å². The molecule has 25 heavy (non-hydrogen) atoms. The van der Waals surface area contributed by atoms with Crippen LogP contribution in [0.3, 0.4) is 0 Å². The van der Waals surface area contributed by atoms with E-state index in [2.05, 4.69) is 68.2 Å². The minimum absolute atomic E-state index is 0.331. The monoisotopic (exact) mass is 399 g/mol. The normalized spacial score (nSPS) is 15.4. The van der Waals surface area contributed by atoms with E-state index in [0.717, 1.165) is 22.6 Å². The molecular weight excluding hydrogens is 378 g/mol. The zero-order chi connectivity index (χ0) is 17.2. The lowest BCUT2D eigenvalue weighted by Crippen LogP contribution is -2.29. The van der Waals surface area contributed by atoms with Gasteiger partial charge in [0.15, 0.2) is 0 Å². The summed E-state index contributed by atoms with van der Waals surface area (Å²) in [4.78, 5) is 4.51. The lowest BCUT2D eigenvalue weighted by atomic mass is 10.1. The second kappa shape index (κ2) is 7.18. The summed E-state index contributed by atoms with van der Waals surface area (Å²) in [6.45, 7) is 1.46. The molecule has 1 aliphatic carbocycles. The maximum atomic E-state index is 5.94. The highest BCUT2D eigenvalue weighted by Crippen LogP contribution is 2.40. The fourth-order valence-corrected chi connectivity index (χ4v) is 3.62. The minimum atomic E-state index is 0.331. The smallest absolute Gasteiger partial charge is 0.125 e. The Bertz CT molecular complexity index is 872. The Morgan fingerprint density at radius 1 is 1.24 bits per heavy atom. The van der Waals surface area contributed by atoms with E-state index in [1.807, 2.05) is 18.5 Å². The van der Waals surface area contributed by atoms with Gasteiger partial charge in [0.05, 0.1) is 6.04 Å². The summed E-state index contributed by atoms with van der Waals surface area (Å²) >= 11 is 3.51. The van der Waals surface area contributed by atoms with Crippen molar-refractivity contribution >= 4 is 26.7 Å². The average molecular weight is 400 g/mol. The molecule has 130 valence electrons. The van der Waals surface area contributed by atoms with Gasteiger partial charge < -0.3 is 14.6 Å². The van der Waals surface area contributed by atoms with E-state index in [1.165, 1.54) is 23.6 Å². The number of benzene rings is 2. The molecule has 4 rings (SSSR count). The third-order valence-corrected chi connectivity index (χ3v) is 5.23. The average Bonchev–Trinajstić information content (AvgIpc) is 3.36. The van der Waals surface area contributed by atoms with Crippen LogP contribution in [0.25, 0.3) is 10.8 Å². The SMILES string of the molecule is Cn1ccnc1[C@@H](NCCOc1ccc2cc(Br)ccc2c1)C1CC1. The molecule has 3 aromatic rings. The van der Waals surface area contributed by atoms with E-state index in [-0.39, 0.29) is 0 Å². The first-order valence-corrected chi connectivity index (χ1v) is 9.53. The Morgan fingerprint density at radius 3 is 2.80 bits per heavy atom. The van der Waals surface area contributed by atoms with E-state index in [0.29, 0.717) is 18.6 Å². The van der Waals surface area contributed by atoms with Gasteiger partial charge in [0.1, 0.15) is 18.2 Å². The van der Waals surface area contributed by atoms with E-state index < -0.39 is 0 Å². The Kier molecular flexibility index (Phi) is 4.77. The zero-order valence-electron chi connectivity index (χ0n) is 14.3. The first kappa shape index (κ1) is 16.6. The summed E-state index contributed by atoms with van der Waals surface area (Å²) < 4.78 is 9.15. The van der Waals surface area contributed by atoms with E-state index >= 15 is 0 Å². The van der Waals surface area contributed by atoms with Crippen molar-refractivity contribution in [2.75, 3.05) is 13.2 Å². The van der Waals surface area contributed by atoms with Crippen LogP contribution in [0.2, 0.25) is 0 Å². The molecule has 1 atom stereocenters. The molecule has 0 aliphatic heterocycles. The number of imidazole rings is 1. The van der Waals surface area contributed by atoms with Crippen molar-refractivity contribution in [2.24, 2.45) is 13.0 Å². The van der Waals surface area contributed by atoms with Crippen LogP contribution in [-0.2, 0) is 7.05 Å². The minimum Gasteiger partial charge on any atom is -0.492 e. The van der Waals surface area contributed by atoms with Crippen molar-refractivity contribution in [2.45, 2.75) is 18.9 Å². The number of aromatic nitrogens is 2. The van der Waals surface area contributed by atoms with Crippen molar-refractivity contribution in [3.8, 4) is 5.75 Å². The summed E-state index contributed by atoms with van der Waals surface area (Å²) in [5.41, 5.74) is 0. The molecular formula is C20H22BrN3O. The number of aryl methyl sites for hydroxylation is 1. The number of ether oxygens (including phenoxy) is 1. The second-order valence-electron chi connectivity index (χ2n) is 6.67. The molecule has 1 saturated carbocycles. The Balaban J connectivity index is 1.34. The predicted octanol–water partition coefficient (Wildman–Crippen LogP) is 4.46. The van der Waals surface area contributed by atoms with Gasteiger partial charge in [0, 0.05) is 30.5 Å². The number of nitrogens with zero attached hydrogens (tertiary/aromatic N) is 2. The van der Waals surface area contributed by atoms with Crippen molar-refractivity contribution in [3.05, 3.63) is 59.1 Å². The van der Waals surface area contributed by atoms with E-state index in [9.17, 15) is 0 Å². The molecule has 1 aliphatic rings. The van der Waals surface area contributed by atoms with Gasteiger partial charge in [-0.3, -0.25) is 0 Å². The first-order valence-electron chi connectivity index (χ1n) is 8.73. The summed E-state index contributed by atoms with van der Waals surface area (Å²) in [5.74, 6) is 2.75. The maximum Gasteiger partial charge on any atom is 0.125 e. The largest absolute Gasteiger partial charge is 0.492 e. The maximum absolute atomic E-state index is 5.94. The van der Waals surface area contributed by atoms with Gasteiger partial charge in [0.25, 0.3) is 0 Å². The van der Waals surface area contributed by atoms with E-state index in [4.69, 9.17) is 4.74 Å². The number of nitrogens with one attached hydrogen (secondary N) is 1. The zero-order valence-corrected chi connectivity index (χ0v) is 15.9. The third kappa shape index (κ3) is 3.88. The Labute approximate surface area is 156 Å². The van der Waals surface area contributed by atoms with Gasteiger partial charge in [-0.05, 0) is 53.8 Å². The van der Waals surface area contributed by atoms with Crippen LogP contribution in [0.5, 0.6) is 5.75 Å². The van der Waals surface area contributed by atoms with Gasteiger partial charge in [-0.2, -0.15) is 0 Å². The summed E-state index contributed by atoms with van der Waals surface area (Å²) in [7, 11) is 2.06. The van der Waals surface area contributed by atoms with Gasteiger partial charge in [-0.15, -0.1) is 0 Å². The summed E-state index contributed by atoms with van der Waals surface area (Å²) in [6, 6.07) is 12.8. The molecule has 1 heterocycles. The predicted molar refractivity (Wildman–Crippen MR) is 104 cm³/mol. The van der Waals surface area contributed by atoms with Gasteiger partial charge in [-0.25, -0.2) is 4.98 Å². The molecule has 1 aromatic heterocycles. The quantitative estimate of drug-likeness (QED) is 0.596. The summed E-state index contributed by atoms with van der Waals surface area (Å²) in [5, 5.41) is 6.03. The molecule has 5 heteroatoms. The molecule has 0 spiro atoms. The highest BCUT2D eigenvalue weighted by atomic mass is 79.9. The molecule has 0 saturated heterocycles. The van der Waals surface area contributed by atoms with Crippen LogP contribution in [0.15, 0.2) is 53.3 Å². The highest BCUT2D eigenvalue weighted by molar-refractivity contribution is 9.10. The number of fused-ring (bicyclic) bond motifs is 1. The number of halogens is 1. The molecule has 1 N–H and O–H groups in total. The number of rotatable bonds is 7. The van der Waals surface area contributed by atoms with E-state index in [1.54, 1.807) is 0 Å². The van der Waals surface area contributed by atoms with Crippen molar-refractivity contribution in [1.29, 1.82) is 0 Å². The van der Waals surface area contributed by atoms with Gasteiger partial charge in [-0.1, -0.05) is 28.1 Å². The number of hydrogen-bond acceptors (Lipinski definition) is 3. The van der Waals surface area contributed by atoms with Crippen molar-refractivity contribution < 1.29 is 4.74 Å². The van der Waals surface area contributed by atoms with Crippen molar-refractivity contribution in [1.82, 2.24) is 14.9 Å².